The van der Waals surface area contributed by atoms with Gasteiger partial charge < -0.3 is 14.8 Å². The Morgan fingerprint density at radius 2 is 1.80 bits per heavy atom. The molecule has 1 aromatic rings. The van der Waals surface area contributed by atoms with Gasteiger partial charge in [0.05, 0.1) is 11.2 Å². The predicted molar refractivity (Wildman–Crippen MR) is 82.4 cm³/mol. The monoisotopic (exact) mass is 299 g/mol. The SMILES string of the molecule is CC(C)c1ccc(B(O)OC(C)(C)C(C)(C)O)c(Cl)n1. The minimum atomic E-state index is -1.24. The molecule has 1 heterocycles. The van der Waals surface area contributed by atoms with Gasteiger partial charge in [0.15, 0.2) is 0 Å². The van der Waals surface area contributed by atoms with Crippen LogP contribution >= 0.6 is 11.6 Å². The van der Waals surface area contributed by atoms with Crippen molar-refractivity contribution >= 4 is 24.2 Å². The first-order valence-electron chi connectivity index (χ1n) is 6.70. The van der Waals surface area contributed by atoms with Crippen LogP contribution in [0.4, 0.5) is 0 Å². The highest BCUT2D eigenvalue weighted by Crippen LogP contribution is 2.25. The zero-order valence-electron chi connectivity index (χ0n) is 12.9. The van der Waals surface area contributed by atoms with Crippen molar-refractivity contribution in [3.63, 3.8) is 0 Å². The van der Waals surface area contributed by atoms with Gasteiger partial charge in [-0.15, -0.1) is 0 Å². The van der Waals surface area contributed by atoms with E-state index in [9.17, 15) is 10.1 Å². The van der Waals surface area contributed by atoms with Crippen LogP contribution in [0.2, 0.25) is 5.15 Å². The van der Waals surface area contributed by atoms with Crippen molar-refractivity contribution in [1.82, 2.24) is 4.98 Å². The molecule has 0 amide bonds. The standard InChI is InChI=1S/C14H23BClNO3/c1-9(2)11-8-7-10(12(16)17-11)15(19)20-14(5,6)13(3,4)18/h7-9,18-19H,1-6H3. The van der Waals surface area contributed by atoms with Crippen LogP contribution in [0.3, 0.4) is 0 Å². The molecule has 0 aromatic carbocycles. The van der Waals surface area contributed by atoms with Crippen LogP contribution in [0.1, 0.15) is 53.2 Å². The van der Waals surface area contributed by atoms with Gasteiger partial charge in [0.1, 0.15) is 5.15 Å². The molecule has 1 rings (SSSR count). The Labute approximate surface area is 126 Å². The van der Waals surface area contributed by atoms with Crippen molar-refractivity contribution in [1.29, 1.82) is 0 Å². The molecular weight excluding hydrogens is 276 g/mol. The maximum absolute atomic E-state index is 10.2. The van der Waals surface area contributed by atoms with Gasteiger partial charge in [0, 0.05) is 11.2 Å². The Hall–Kier alpha value is -0.615. The summed E-state index contributed by atoms with van der Waals surface area (Å²) in [4.78, 5) is 4.25. The summed E-state index contributed by atoms with van der Waals surface area (Å²) in [7, 11) is -1.24. The highest BCUT2D eigenvalue weighted by Gasteiger charge is 2.40. The summed E-state index contributed by atoms with van der Waals surface area (Å²) in [5.41, 5.74) is -0.792. The molecule has 4 nitrogen and oxygen atoms in total. The summed E-state index contributed by atoms with van der Waals surface area (Å²) in [6.07, 6.45) is 0. The topological polar surface area (TPSA) is 62.6 Å². The number of hydrogen-bond donors (Lipinski definition) is 2. The van der Waals surface area contributed by atoms with Crippen molar-refractivity contribution in [2.45, 2.75) is 58.7 Å². The van der Waals surface area contributed by atoms with Crippen LogP contribution in [0, 0.1) is 0 Å². The van der Waals surface area contributed by atoms with Gasteiger partial charge in [-0.1, -0.05) is 31.5 Å². The Balaban J connectivity index is 2.96. The second-order valence-electron chi connectivity index (χ2n) is 6.31. The first-order valence-corrected chi connectivity index (χ1v) is 7.08. The number of nitrogens with zero attached hydrogens (tertiary/aromatic N) is 1. The summed E-state index contributed by atoms with van der Waals surface area (Å²) in [5, 5.41) is 20.4. The Morgan fingerprint density at radius 1 is 1.25 bits per heavy atom. The molecule has 0 unspecified atom stereocenters. The van der Waals surface area contributed by atoms with Crippen molar-refractivity contribution in [3.05, 3.63) is 23.0 Å². The summed E-state index contributed by atoms with van der Waals surface area (Å²) in [6, 6.07) is 3.52. The first-order chi connectivity index (χ1) is 8.95. The van der Waals surface area contributed by atoms with Crippen molar-refractivity contribution in [2.75, 3.05) is 0 Å². The molecule has 0 atom stereocenters. The average molecular weight is 300 g/mol. The molecular formula is C14H23BClNO3. The molecule has 112 valence electrons. The van der Waals surface area contributed by atoms with Crippen LogP contribution in [-0.4, -0.2) is 33.4 Å². The first kappa shape index (κ1) is 17.4. The van der Waals surface area contributed by atoms with Gasteiger partial charge >= 0.3 is 7.12 Å². The van der Waals surface area contributed by atoms with Gasteiger partial charge in [-0.25, -0.2) is 4.98 Å². The van der Waals surface area contributed by atoms with Gasteiger partial charge in [0.2, 0.25) is 0 Å². The van der Waals surface area contributed by atoms with Crippen LogP contribution in [0.5, 0.6) is 0 Å². The molecule has 2 N–H and O–H groups in total. The molecule has 0 aliphatic rings. The maximum atomic E-state index is 10.2. The highest BCUT2D eigenvalue weighted by atomic mass is 35.5. The average Bonchev–Trinajstić information content (AvgIpc) is 2.26. The molecule has 0 radical (unpaired) electrons. The number of pyridine rings is 1. The minimum Gasteiger partial charge on any atom is -0.423 e. The second kappa shape index (κ2) is 6.02. The van der Waals surface area contributed by atoms with E-state index in [0.29, 0.717) is 5.46 Å². The number of aromatic nitrogens is 1. The van der Waals surface area contributed by atoms with Crippen LogP contribution in [0.15, 0.2) is 12.1 Å². The van der Waals surface area contributed by atoms with Crippen LogP contribution in [0.25, 0.3) is 0 Å². The number of rotatable bonds is 5. The lowest BCUT2D eigenvalue weighted by Crippen LogP contribution is -2.53. The van der Waals surface area contributed by atoms with Crippen LogP contribution < -0.4 is 5.46 Å². The number of hydrogen-bond acceptors (Lipinski definition) is 4. The molecule has 0 fully saturated rings. The largest absolute Gasteiger partial charge is 0.494 e. The Bertz CT molecular complexity index is 472. The lowest BCUT2D eigenvalue weighted by Gasteiger charge is -2.38. The van der Waals surface area contributed by atoms with E-state index in [-0.39, 0.29) is 11.1 Å². The summed E-state index contributed by atoms with van der Waals surface area (Å²) < 4.78 is 5.55. The van der Waals surface area contributed by atoms with E-state index < -0.39 is 18.3 Å². The highest BCUT2D eigenvalue weighted by molar-refractivity contribution is 6.63. The number of halogens is 1. The quantitative estimate of drug-likeness (QED) is 0.646. The molecule has 0 aliphatic heterocycles. The Kier molecular flexibility index (Phi) is 5.25. The Morgan fingerprint density at radius 3 is 2.20 bits per heavy atom. The molecule has 1 aromatic heterocycles. The molecule has 20 heavy (non-hydrogen) atoms. The molecule has 0 bridgehead atoms. The summed E-state index contributed by atoms with van der Waals surface area (Å²) >= 11 is 6.10. The zero-order valence-corrected chi connectivity index (χ0v) is 13.7. The molecule has 0 spiro atoms. The van der Waals surface area contributed by atoms with Gasteiger partial charge in [-0.05, 0) is 39.7 Å². The fourth-order valence-electron chi connectivity index (χ4n) is 1.45. The van der Waals surface area contributed by atoms with Gasteiger partial charge in [0.25, 0.3) is 0 Å². The fraction of sp³-hybridized carbons (Fsp3) is 0.643. The molecule has 0 aliphatic carbocycles. The zero-order chi connectivity index (χ0) is 15.7. The minimum absolute atomic E-state index is 0.218. The predicted octanol–water partition coefficient (Wildman–Crippen LogP) is 2.11. The van der Waals surface area contributed by atoms with E-state index in [0.717, 1.165) is 5.69 Å². The van der Waals surface area contributed by atoms with Crippen molar-refractivity contribution < 1.29 is 14.8 Å². The van der Waals surface area contributed by atoms with E-state index in [2.05, 4.69) is 4.98 Å². The van der Waals surface area contributed by atoms with E-state index in [1.54, 1.807) is 33.8 Å². The molecule has 0 saturated carbocycles. The fourth-order valence-corrected chi connectivity index (χ4v) is 1.71. The summed E-state index contributed by atoms with van der Waals surface area (Å²) in [5.74, 6) is 0.257. The maximum Gasteiger partial charge on any atom is 0.494 e. The van der Waals surface area contributed by atoms with Crippen LogP contribution in [-0.2, 0) is 4.65 Å². The third-order valence-electron chi connectivity index (χ3n) is 3.64. The smallest absolute Gasteiger partial charge is 0.423 e. The molecule has 6 heteroatoms. The third kappa shape index (κ3) is 3.95. The van der Waals surface area contributed by atoms with E-state index in [1.807, 2.05) is 19.9 Å². The number of aliphatic hydroxyl groups is 1. The lowest BCUT2D eigenvalue weighted by molar-refractivity contribution is -0.0982. The molecule has 0 saturated heterocycles. The van der Waals surface area contributed by atoms with E-state index in [4.69, 9.17) is 16.3 Å². The summed E-state index contributed by atoms with van der Waals surface area (Å²) in [6.45, 7) is 10.7. The van der Waals surface area contributed by atoms with Crippen molar-refractivity contribution in [2.24, 2.45) is 0 Å². The van der Waals surface area contributed by atoms with Gasteiger partial charge in [-0.2, -0.15) is 0 Å². The van der Waals surface area contributed by atoms with Gasteiger partial charge in [-0.3, -0.25) is 0 Å². The second-order valence-corrected chi connectivity index (χ2v) is 6.67. The lowest BCUT2D eigenvalue weighted by atomic mass is 9.77. The van der Waals surface area contributed by atoms with E-state index in [1.165, 1.54) is 0 Å². The third-order valence-corrected chi connectivity index (χ3v) is 3.94. The normalized spacial score (nSPS) is 12.9. The van der Waals surface area contributed by atoms with Crippen molar-refractivity contribution in [3.8, 4) is 0 Å². The van der Waals surface area contributed by atoms with E-state index >= 15 is 0 Å².